The lowest BCUT2D eigenvalue weighted by Gasteiger charge is -2.35. The summed E-state index contributed by atoms with van der Waals surface area (Å²) >= 11 is 5.75. The minimum absolute atomic E-state index is 0.526. The Morgan fingerprint density at radius 1 is 1.38 bits per heavy atom. The van der Waals surface area contributed by atoms with E-state index < -0.39 is 0 Å². The van der Waals surface area contributed by atoms with Gasteiger partial charge in [-0.3, -0.25) is 0 Å². The predicted molar refractivity (Wildman–Crippen MR) is 63.9 cm³/mol. The second-order valence-corrected chi connectivity index (χ2v) is 5.46. The lowest BCUT2D eigenvalue weighted by Crippen LogP contribution is -2.33. The normalized spacial score (nSPS) is 21.7. The minimum Gasteiger partial charge on any atom is -0.381 e. The zero-order valence-electron chi connectivity index (χ0n) is 8.35. The van der Waals surface area contributed by atoms with Gasteiger partial charge in [-0.1, -0.05) is 22.9 Å². The molecule has 0 spiro atoms. The number of hydrogen-bond donors (Lipinski definition) is 0. The number of ether oxygens (including phenoxy) is 1. The van der Waals surface area contributed by atoms with E-state index in [0.717, 1.165) is 18.5 Å². The van der Waals surface area contributed by atoms with Crippen molar-refractivity contribution in [3.8, 4) is 0 Å². The SMILES string of the molecule is CCCSCC1(CBr)CCOCC1. The zero-order chi connectivity index (χ0) is 9.57. The Kier molecular flexibility index (Phi) is 5.75. The lowest BCUT2D eigenvalue weighted by atomic mass is 9.85. The highest BCUT2D eigenvalue weighted by Gasteiger charge is 2.30. The van der Waals surface area contributed by atoms with Crippen molar-refractivity contribution in [2.45, 2.75) is 26.2 Å². The molecule has 0 saturated carbocycles. The summed E-state index contributed by atoms with van der Waals surface area (Å²) in [6.45, 7) is 4.16. The Bertz CT molecular complexity index is 135. The molecule has 1 heterocycles. The van der Waals surface area contributed by atoms with Crippen LogP contribution in [0.5, 0.6) is 0 Å². The van der Waals surface area contributed by atoms with E-state index in [-0.39, 0.29) is 0 Å². The molecule has 1 nitrogen and oxygen atoms in total. The van der Waals surface area contributed by atoms with Crippen LogP contribution in [0.25, 0.3) is 0 Å². The first-order valence-electron chi connectivity index (χ1n) is 5.04. The highest BCUT2D eigenvalue weighted by Crippen LogP contribution is 2.35. The number of alkyl halides is 1. The topological polar surface area (TPSA) is 9.23 Å². The Morgan fingerprint density at radius 2 is 2.08 bits per heavy atom. The van der Waals surface area contributed by atoms with Gasteiger partial charge in [0.2, 0.25) is 0 Å². The summed E-state index contributed by atoms with van der Waals surface area (Å²) in [5.41, 5.74) is 0.526. The standard InChI is InChI=1S/C10H19BrOS/c1-2-7-13-9-10(8-11)3-5-12-6-4-10/h2-9H2,1H3. The first-order chi connectivity index (χ1) is 6.33. The predicted octanol–water partition coefficient (Wildman–Crippen LogP) is 3.32. The number of hydrogen-bond acceptors (Lipinski definition) is 2. The highest BCUT2D eigenvalue weighted by molar-refractivity contribution is 9.09. The summed E-state index contributed by atoms with van der Waals surface area (Å²) in [4.78, 5) is 0. The molecule has 13 heavy (non-hydrogen) atoms. The van der Waals surface area contributed by atoms with Crippen LogP contribution in [0.15, 0.2) is 0 Å². The molecule has 0 bridgehead atoms. The maximum absolute atomic E-state index is 5.40. The largest absolute Gasteiger partial charge is 0.381 e. The van der Waals surface area contributed by atoms with Crippen LogP contribution in [0.4, 0.5) is 0 Å². The van der Waals surface area contributed by atoms with Crippen LogP contribution in [0, 0.1) is 5.41 Å². The first kappa shape index (κ1) is 11.9. The van der Waals surface area contributed by atoms with Gasteiger partial charge in [0.25, 0.3) is 0 Å². The fourth-order valence-corrected chi connectivity index (χ4v) is 3.83. The summed E-state index contributed by atoms with van der Waals surface area (Å²) < 4.78 is 5.40. The number of rotatable bonds is 5. The van der Waals surface area contributed by atoms with E-state index in [1.54, 1.807) is 0 Å². The molecule has 1 aliphatic heterocycles. The molecule has 0 radical (unpaired) electrons. The van der Waals surface area contributed by atoms with Crippen LogP contribution >= 0.6 is 27.7 Å². The average molecular weight is 267 g/mol. The van der Waals surface area contributed by atoms with Gasteiger partial charge in [-0.05, 0) is 36.2 Å². The van der Waals surface area contributed by atoms with E-state index in [0.29, 0.717) is 5.41 Å². The summed E-state index contributed by atoms with van der Waals surface area (Å²) in [5.74, 6) is 2.60. The van der Waals surface area contributed by atoms with Crippen molar-refractivity contribution in [3.63, 3.8) is 0 Å². The molecule has 0 amide bonds. The quantitative estimate of drug-likeness (QED) is 0.558. The van der Waals surface area contributed by atoms with Crippen molar-refractivity contribution < 1.29 is 4.74 Å². The summed E-state index contributed by atoms with van der Waals surface area (Å²) in [6, 6.07) is 0. The van der Waals surface area contributed by atoms with Gasteiger partial charge in [0.05, 0.1) is 0 Å². The number of thioether (sulfide) groups is 1. The van der Waals surface area contributed by atoms with E-state index in [1.807, 2.05) is 0 Å². The van der Waals surface area contributed by atoms with Crippen LogP contribution in [0.2, 0.25) is 0 Å². The van der Waals surface area contributed by atoms with Gasteiger partial charge in [0, 0.05) is 18.5 Å². The molecule has 0 aliphatic carbocycles. The Labute approximate surface area is 94.1 Å². The van der Waals surface area contributed by atoms with Gasteiger partial charge in [0.1, 0.15) is 0 Å². The van der Waals surface area contributed by atoms with Gasteiger partial charge in [-0.15, -0.1) is 0 Å². The molecule has 1 rings (SSSR count). The molecule has 0 N–H and O–H groups in total. The third kappa shape index (κ3) is 3.80. The Balaban J connectivity index is 2.29. The molecular formula is C10H19BrOS. The maximum atomic E-state index is 5.40. The van der Waals surface area contributed by atoms with Crippen molar-refractivity contribution in [2.24, 2.45) is 5.41 Å². The van der Waals surface area contributed by atoms with Gasteiger partial charge >= 0.3 is 0 Å². The smallest absolute Gasteiger partial charge is 0.0471 e. The Morgan fingerprint density at radius 3 is 2.62 bits per heavy atom. The second kappa shape index (κ2) is 6.31. The average Bonchev–Trinajstić information content (AvgIpc) is 2.20. The van der Waals surface area contributed by atoms with Crippen LogP contribution in [0.3, 0.4) is 0 Å². The molecule has 0 unspecified atom stereocenters. The van der Waals surface area contributed by atoms with Crippen LogP contribution in [-0.4, -0.2) is 30.0 Å². The molecule has 1 fully saturated rings. The van der Waals surface area contributed by atoms with Crippen molar-refractivity contribution >= 4 is 27.7 Å². The molecule has 78 valence electrons. The Hall–Kier alpha value is 0.790. The minimum atomic E-state index is 0.526. The van der Waals surface area contributed by atoms with Crippen molar-refractivity contribution in [3.05, 3.63) is 0 Å². The molecule has 0 aromatic carbocycles. The van der Waals surface area contributed by atoms with Crippen LogP contribution < -0.4 is 0 Å². The summed E-state index contributed by atoms with van der Waals surface area (Å²) in [6.07, 6.45) is 3.75. The van der Waals surface area contributed by atoms with Crippen molar-refractivity contribution in [1.29, 1.82) is 0 Å². The third-order valence-corrected chi connectivity index (χ3v) is 5.30. The fourth-order valence-electron chi connectivity index (χ4n) is 1.55. The monoisotopic (exact) mass is 266 g/mol. The molecular weight excluding hydrogens is 248 g/mol. The fraction of sp³-hybridized carbons (Fsp3) is 1.00. The number of halogens is 1. The molecule has 0 atom stereocenters. The molecule has 1 aliphatic rings. The van der Waals surface area contributed by atoms with Crippen LogP contribution in [0.1, 0.15) is 26.2 Å². The molecule has 0 aromatic heterocycles. The molecule has 3 heteroatoms. The highest BCUT2D eigenvalue weighted by atomic mass is 79.9. The zero-order valence-corrected chi connectivity index (χ0v) is 10.8. The van der Waals surface area contributed by atoms with E-state index in [9.17, 15) is 0 Å². The van der Waals surface area contributed by atoms with E-state index >= 15 is 0 Å². The van der Waals surface area contributed by atoms with E-state index in [2.05, 4.69) is 34.6 Å². The van der Waals surface area contributed by atoms with E-state index in [4.69, 9.17) is 4.74 Å². The first-order valence-corrected chi connectivity index (χ1v) is 7.32. The lowest BCUT2D eigenvalue weighted by molar-refractivity contribution is 0.0374. The van der Waals surface area contributed by atoms with Crippen molar-refractivity contribution in [1.82, 2.24) is 0 Å². The summed E-state index contributed by atoms with van der Waals surface area (Å²) in [7, 11) is 0. The van der Waals surface area contributed by atoms with Gasteiger partial charge in [-0.25, -0.2) is 0 Å². The maximum Gasteiger partial charge on any atom is 0.0471 e. The summed E-state index contributed by atoms with van der Waals surface area (Å²) in [5, 5.41) is 1.14. The van der Waals surface area contributed by atoms with Gasteiger partial charge in [0.15, 0.2) is 0 Å². The molecule has 0 aromatic rings. The second-order valence-electron chi connectivity index (χ2n) is 3.80. The van der Waals surface area contributed by atoms with Crippen molar-refractivity contribution in [2.75, 3.05) is 30.0 Å². The van der Waals surface area contributed by atoms with Gasteiger partial charge < -0.3 is 4.74 Å². The van der Waals surface area contributed by atoms with Crippen LogP contribution in [-0.2, 0) is 4.74 Å². The van der Waals surface area contributed by atoms with E-state index in [1.165, 1.54) is 30.8 Å². The van der Waals surface area contributed by atoms with Gasteiger partial charge in [-0.2, -0.15) is 11.8 Å². The third-order valence-electron chi connectivity index (χ3n) is 2.59. The molecule has 1 saturated heterocycles.